The summed E-state index contributed by atoms with van der Waals surface area (Å²) in [6.45, 7) is 5.34. The van der Waals surface area contributed by atoms with Gasteiger partial charge in [-0.25, -0.2) is 0 Å². The summed E-state index contributed by atoms with van der Waals surface area (Å²) in [5, 5.41) is 8.31. The van der Waals surface area contributed by atoms with E-state index in [1.165, 1.54) is 0 Å². The van der Waals surface area contributed by atoms with Gasteiger partial charge in [-0.3, -0.25) is 9.69 Å². The minimum Gasteiger partial charge on any atom is -0.318 e. The lowest BCUT2D eigenvalue weighted by Gasteiger charge is -2.32. The number of benzene rings is 1. The minimum absolute atomic E-state index is 0.136. The van der Waals surface area contributed by atoms with Gasteiger partial charge in [-0.2, -0.15) is 0 Å². The number of carbonyl (C=O) groups is 1. The van der Waals surface area contributed by atoms with Crippen molar-refractivity contribution in [2.24, 2.45) is 0 Å². The molecule has 1 aliphatic rings. The Morgan fingerprint density at radius 1 is 1.25 bits per heavy atom. The summed E-state index contributed by atoms with van der Waals surface area (Å²) < 4.78 is 2.12. The molecule has 2 aromatic rings. The van der Waals surface area contributed by atoms with Gasteiger partial charge in [-0.1, -0.05) is 18.2 Å². The van der Waals surface area contributed by atoms with Gasteiger partial charge in [0.1, 0.15) is 12.2 Å². The number of likely N-dealkylation sites (tertiary alicyclic amines) is 1. The molecule has 1 amide bonds. The molecule has 0 bridgehead atoms. The van der Waals surface area contributed by atoms with Gasteiger partial charge in [-0.15, -0.1) is 10.2 Å². The first-order valence-electron chi connectivity index (χ1n) is 8.60. The number of hydrogen-bond acceptors (Lipinski definition) is 4. The number of carbonyl (C=O) groups excluding carboxylic acids is 1. The van der Waals surface area contributed by atoms with Gasteiger partial charge in [-0.05, 0) is 45.0 Å². The van der Waals surface area contributed by atoms with Crippen LogP contribution < -0.4 is 4.90 Å². The van der Waals surface area contributed by atoms with Crippen LogP contribution in [-0.2, 0) is 11.3 Å². The van der Waals surface area contributed by atoms with Crippen molar-refractivity contribution in [1.82, 2.24) is 19.7 Å². The number of nitrogens with zero attached hydrogens (tertiary/aromatic N) is 5. The first-order chi connectivity index (χ1) is 11.7. The van der Waals surface area contributed by atoms with Crippen LogP contribution in [0.3, 0.4) is 0 Å². The van der Waals surface area contributed by atoms with E-state index in [9.17, 15) is 4.79 Å². The van der Waals surface area contributed by atoms with Crippen LogP contribution in [-0.4, -0.2) is 52.3 Å². The number of piperidine rings is 1. The van der Waals surface area contributed by atoms with Crippen molar-refractivity contribution >= 4 is 11.6 Å². The van der Waals surface area contributed by atoms with Gasteiger partial charge in [0.2, 0.25) is 5.91 Å². The molecule has 0 unspecified atom stereocenters. The third-order valence-electron chi connectivity index (χ3n) is 4.82. The minimum atomic E-state index is 0.136. The molecule has 1 saturated heterocycles. The monoisotopic (exact) mass is 327 g/mol. The zero-order valence-corrected chi connectivity index (χ0v) is 14.4. The molecule has 6 nitrogen and oxygen atoms in total. The van der Waals surface area contributed by atoms with Gasteiger partial charge < -0.3 is 9.47 Å². The molecule has 0 spiro atoms. The highest BCUT2D eigenvalue weighted by atomic mass is 16.2. The molecule has 1 fully saturated rings. The highest BCUT2D eigenvalue weighted by Gasteiger charge is 2.26. The predicted octanol–water partition coefficient (Wildman–Crippen LogP) is 2.14. The van der Waals surface area contributed by atoms with Crippen molar-refractivity contribution in [2.75, 3.05) is 31.6 Å². The summed E-state index contributed by atoms with van der Waals surface area (Å²) in [5.41, 5.74) is 0.938. The van der Waals surface area contributed by atoms with Gasteiger partial charge in [0.15, 0.2) is 0 Å². The Morgan fingerprint density at radius 3 is 2.62 bits per heavy atom. The van der Waals surface area contributed by atoms with E-state index in [1.54, 1.807) is 11.2 Å². The van der Waals surface area contributed by atoms with Crippen LogP contribution in [0.2, 0.25) is 0 Å². The van der Waals surface area contributed by atoms with Crippen LogP contribution in [0, 0.1) is 0 Å². The normalized spacial score (nSPS) is 16.2. The van der Waals surface area contributed by atoms with Crippen LogP contribution in [0.4, 0.5) is 5.69 Å². The predicted molar refractivity (Wildman–Crippen MR) is 94.0 cm³/mol. The Hall–Kier alpha value is -2.21. The summed E-state index contributed by atoms with van der Waals surface area (Å²) in [5.74, 6) is 1.67. The maximum atomic E-state index is 12.5. The molecular weight excluding hydrogens is 302 g/mol. The van der Waals surface area contributed by atoms with E-state index in [0.717, 1.165) is 44.0 Å². The van der Waals surface area contributed by atoms with Crippen molar-refractivity contribution in [3.8, 4) is 0 Å². The average Bonchev–Trinajstić information content (AvgIpc) is 3.11. The number of rotatable bonds is 5. The lowest BCUT2D eigenvalue weighted by atomic mass is 9.96. The third kappa shape index (κ3) is 3.64. The molecule has 0 saturated carbocycles. The van der Waals surface area contributed by atoms with E-state index in [4.69, 9.17) is 0 Å². The summed E-state index contributed by atoms with van der Waals surface area (Å²) in [7, 11) is 1.84. The standard InChI is InChI=1S/C18H25N5O/c1-3-23-14-19-20-18(23)15-9-11-22(12-10-15)13-17(24)21(2)16-7-5-4-6-8-16/h4-8,14-15H,3,9-13H2,1-2H3. The maximum absolute atomic E-state index is 12.5. The fraction of sp³-hybridized carbons (Fsp3) is 0.500. The Bertz CT molecular complexity index is 661. The highest BCUT2D eigenvalue weighted by Crippen LogP contribution is 2.26. The van der Waals surface area contributed by atoms with Crippen molar-refractivity contribution in [3.63, 3.8) is 0 Å². The van der Waals surface area contributed by atoms with Crippen molar-refractivity contribution < 1.29 is 4.79 Å². The SMILES string of the molecule is CCn1cnnc1C1CCN(CC(=O)N(C)c2ccccc2)CC1. The molecule has 0 N–H and O–H groups in total. The van der Waals surface area contributed by atoms with Gasteiger partial charge in [0.25, 0.3) is 0 Å². The fourth-order valence-electron chi connectivity index (χ4n) is 3.27. The van der Waals surface area contributed by atoms with E-state index in [-0.39, 0.29) is 5.91 Å². The molecule has 0 radical (unpaired) electrons. The summed E-state index contributed by atoms with van der Waals surface area (Å²) in [6, 6.07) is 9.79. The van der Waals surface area contributed by atoms with Crippen molar-refractivity contribution in [3.05, 3.63) is 42.5 Å². The smallest absolute Gasteiger partial charge is 0.240 e. The number of hydrogen-bond donors (Lipinski definition) is 0. The second-order valence-electron chi connectivity index (χ2n) is 6.31. The number of amides is 1. The van der Waals surface area contributed by atoms with E-state index in [1.807, 2.05) is 37.4 Å². The lowest BCUT2D eigenvalue weighted by molar-refractivity contribution is -0.119. The maximum Gasteiger partial charge on any atom is 0.240 e. The summed E-state index contributed by atoms with van der Waals surface area (Å²) in [6.07, 6.45) is 3.86. The molecule has 1 aromatic heterocycles. The first-order valence-corrected chi connectivity index (χ1v) is 8.60. The lowest BCUT2D eigenvalue weighted by Crippen LogP contribution is -2.42. The fourth-order valence-corrected chi connectivity index (χ4v) is 3.27. The van der Waals surface area contributed by atoms with Crippen molar-refractivity contribution in [1.29, 1.82) is 0 Å². The zero-order chi connectivity index (χ0) is 16.9. The van der Waals surface area contributed by atoms with Gasteiger partial charge in [0, 0.05) is 25.2 Å². The second kappa shape index (κ2) is 7.57. The molecule has 0 aliphatic carbocycles. The topological polar surface area (TPSA) is 54.3 Å². The number of para-hydroxylation sites is 1. The molecule has 3 rings (SSSR count). The Labute approximate surface area is 143 Å². The Balaban J connectivity index is 1.53. The van der Waals surface area contributed by atoms with Gasteiger partial charge >= 0.3 is 0 Å². The molecule has 128 valence electrons. The van der Waals surface area contributed by atoms with E-state index < -0.39 is 0 Å². The molecule has 6 heteroatoms. The molecule has 2 heterocycles. The van der Waals surface area contributed by atoms with Crippen LogP contribution >= 0.6 is 0 Å². The Morgan fingerprint density at radius 2 is 1.96 bits per heavy atom. The highest BCUT2D eigenvalue weighted by molar-refractivity contribution is 5.94. The largest absolute Gasteiger partial charge is 0.318 e. The Kier molecular flexibility index (Phi) is 5.25. The van der Waals surface area contributed by atoms with Crippen LogP contribution in [0.15, 0.2) is 36.7 Å². The third-order valence-corrected chi connectivity index (χ3v) is 4.82. The average molecular weight is 327 g/mol. The summed E-state index contributed by atoms with van der Waals surface area (Å²) in [4.78, 5) is 16.5. The molecule has 24 heavy (non-hydrogen) atoms. The molecular formula is C18H25N5O. The molecule has 1 aromatic carbocycles. The van der Waals surface area contributed by atoms with Crippen LogP contribution in [0.5, 0.6) is 0 Å². The molecule has 0 atom stereocenters. The summed E-state index contributed by atoms with van der Waals surface area (Å²) >= 11 is 0. The number of anilines is 1. The van der Waals surface area contributed by atoms with Crippen LogP contribution in [0.1, 0.15) is 31.5 Å². The van der Waals surface area contributed by atoms with Crippen molar-refractivity contribution in [2.45, 2.75) is 32.2 Å². The van der Waals surface area contributed by atoms with Gasteiger partial charge in [0.05, 0.1) is 6.54 Å². The zero-order valence-electron chi connectivity index (χ0n) is 14.4. The first kappa shape index (κ1) is 16.6. The number of aromatic nitrogens is 3. The number of likely N-dealkylation sites (N-methyl/N-ethyl adjacent to an activating group) is 1. The number of aryl methyl sites for hydroxylation is 1. The van der Waals surface area contributed by atoms with E-state index in [2.05, 4.69) is 26.6 Å². The van der Waals surface area contributed by atoms with E-state index >= 15 is 0 Å². The second-order valence-corrected chi connectivity index (χ2v) is 6.31. The molecule has 1 aliphatic heterocycles. The van der Waals surface area contributed by atoms with Crippen LogP contribution in [0.25, 0.3) is 0 Å². The quantitative estimate of drug-likeness (QED) is 0.844. The van der Waals surface area contributed by atoms with E-state index in [0.29, 0.717) is 12.5 Å².